The fourth-order valence-electron chi connectivity index (χ4n) is 2.29. The van der Waals surface area contributed by atoms with Gasteiger partial charge in [-0.2, -0.15) is 0 Å². The molecule has 0 aliphatic carbocycles. The van der Waals surface area contributed by atoms with E-state index in [-0.39, 0.29) is 12.0 Å². The van der Waals surface area contributed by atoms with Gasteiger partial charge in [0.2, 0.25) is 5.91 Å². The van der Waals surface area contributed by atoms with E-state index < -0.39 is 5.54 Å². The summed E-state index contributed by atoms with van der Waals surface area (Å²) < 4.78 is 5.51. The van der Waals surface area contributed by atoms with Gasteiger partial charge in [0.05, 0.1) is 18.2 Å². The zero-order valence-corrected chi connectivity index (χ0v) is 11.3. The van der Waals surface area contributed by atoms with Crippen LogP contribution in [0.1, 0.15) is 27.2 Å². The molecule has 3 N–H and O–H groups in total. The molecule has 0 aromatic carbocycles. The Morgan fingerprint density at radius 1 is 1.71 bits per heavy atom. The van der Waals surface area contributed by atoms with Crippen LogP contribution < -0.4 is 11.1 Å². The van der Waals surface area contributed by atoms with Crippen LogP contribution in [0.5, 0.6) is 0 Å². The van der Waals surface area contributed by atoms with Crippen molar-refractivity contribution in [3.8, 4) is 0 Å². The van der Waals surface area contributed by atoms with Crippen LogP contribution in [-0.2, 0) is 9.53 Å². The zero-order valence-electron chi connectivity index (χ0n) is 11.3. The monoisotopic (exact) mass is 243 g/mol. The van der Waals surface area contributed by atoms with Gasteiger partial charge in [0.25, 0.3) is 0 Å². The van der Waals surface area contributed by atoms with Crippen molar-refractivity contribution in [2.45, 2.75) is 44.9 Å². The molecule has 5 heteroatoms. The molecule has 5 nitrogen and oxygen atoms in total. The van der Waals surface area contributed by atoms with E-state index in [1.54, 1.807) is 7.05 Å². The zero-order chi connectivity index (χ0) is 13.1. The SMILES string of the molecule is CNC(C)(CC(C)N1CCOC(C)C1)C(N)=O. The lowest BCUT2D eigenvalue weighted by Gasteiger charge is -2.39. The summed E-state index contributed by atoms with van der Waals surface area (Å²) in [6, 6.07) is 0.311. The summed E-state index contributed by atoms with van der Waals surface area (Å²) in [7, 11) is 1.78. The summed E-state index contributed by atoms with van der Waals surface area (Å²) in [5.74, 6) is -0.298. The molecule has 3 atom stereocenters. The molecule has 1 aliphatic rings. The lowest BCUT2D eigenvalue weighted by atomic mass is 9.92. The predicted octanol–water partition coefficient (Wildman–Crippen LogP) is -0.0509. The minimum absolute atomic E-state index is 0.264. The van der Waals surface area contributed by atoms with Crippen molar-refractivity contribution in [2.75, 3.05) is 26.7 Å². The molecular formula is C12H25N3O2. The first-order valence-corrected chi connectivity index (χ1v) is 6.23. The van der Waals surface area contributed by atoms with Crippen LogP contribution in [0.3, 0.4) is 0 Å². The third-order valence-electron chi connectivity index (χ3n) is 3.70. The molecule has 0 aromatic heterocycles. The Labute approximate surface area is 104 Å². The highest BCUT2D eigenvalue weighted by Gasteiger charge is 2.33. The molecule has 0 saturated carbocycles. The number of nitrogens with zero attached hydrogens (tertiary/aromatic N) is 1. The Morgan fingerprint density at radius 3 is 2.82 bits per heavy atom. The van der Waals surface area contributed by atoms with Crippen LogP contribution >= 0.6 is 0 Å². The van der Waals surface area contributed by atoms with Crippen molar-refractivity contribution in [2.24, 2.45) is 5.73 Å². The second-order valence-corrected chi connectivity index (χ2v) is 5.18. The van der Waals surface area contributed by atoms with Crippen molar-refractivity contribution in [1.82, 2.24) is 10.2 Å². The van der Waals surface area contributed by atoms with Crippen molar-refractivity contribution in [3.05, 3.63) is 0 Å². The number of nitrogens with one attached hydrogen (secondary N) is 1. The van der Waals surface area contributed by atoms with Crippen molar-refractivity contribution < 1.29 is 9.53 Å². The molecule has 1 heterocycles. The Morgan fingerprint density at radius 2 is 2.35 bits per heavy atom. The normalized spacial score (nSPS) is 27.4. The maximum absolute atomic E-state index is 11.5. The van der Waals surface area contributed by atoms with Gasteiger partial charge in [-0.1, -0.05) is 0 Å². The summed E-state index contributed by atoms with van der Waals surface area (Å²) in [5, 5.41) is 3.03. The summed E-state index contributed by atoms with van der Waals surface area (Å²) in [5.41, 5.74) is 4.80. The van der Waals surface area contributed by atoms with E-state index in [9.17, 15) is 4.79 Å². The Kier molecular flexibility index (Phi) is 4.91. The number of primary amides is 1. The third-order valence-corrected chi connectivity index (χ3v) is 3.70. The number of amides is 1. The molecule has 1 saturated heterocycles. The number of carbonyl (C=O) groups excluding carboxylic acids is 1. The number of morpholine rings is 1. The highest BCUT2D eigenvalue weighted by Crippen LogP contribution is 2.18. The highest BCUT2D eigenvalue weighted by molar-refractivity contribution is 5.84. The molecule has 17 heavy (non-hydrogen) atoms. The molecule has 3 unspecified atom stereocenters. The number of likely N-dealkylation sites (N-methyl/N-ethyl adjacent to an activating group) is 1. The average molecular weight is 243 g/mol. The maximum Gasteiger partial charge on any atom is 0.237 e. The first kappa shape index (κ1) is 14.4. The van der Waals surface area contributed by atoms with Crippen molar-refractivity contribution >= 4 is 5.91 Å². The van der Waals surface area contributed by atoms with Crippen LogP contribution in [0.4, 0.5) is 0 Å². The first-order chi connectivity index (χ1) is 7.89. The second kappa shape index (κ2) is 5.80. The lowest BCUT2D eigenvalue weighted by Crippen LogP contribution is -2.56. The minimum atomic E-state index is -0.638. The van der Waals surface area contributed by atoms with Gasteiger partial charge in [-0.05, 0) is 34.2 Å². The fraction of sp³-hybridized carbons (Fsp3) is 0.917. The van der Waals surface area contributed by atoms with Crippen molar-refractivity contribution in [1.29, 1.82) is 0 Å². The van der Waals surface area contributed by atoms with E-state index in [0.717, 1.165) is 19.7 Å². The van der Waals surface area contributed by atoms with E-state index >= 15 is 0 Å². The summed E-state index contributed by atoms with van der Waals surface area (Å²) in [6.07, 6.45) is 0.978. The molecule has 1 amide bonds. The Hall–Kier alpha value is -0.650. The quantitative estimate of drug-likeness (QED) is 0.710. The third kappa shape index (κ3) is 3.66. The summed E-state index contributed by atoms with van der Waals surface area (Å²) >= 11 is 0. The number of carbonyl (C=O) groups is 1. The van der Waals surface area contributed by atoms with Crippen molar-refractivity contribution in [3.63, 3.8) is 0 Å². The van der Waals surface area contributed by atoms with Crippen LogP contribution in [0.2, 0.25) is 0 Å². The second-order valence-electron chi connectivity index (χ2n) is 5.18. The van der Waals surface area contributed by atoms with Gasteiger partial charge in [0.1, 0.15) is 0 Å². The number of ether oxygens (including phenoxy) is 1. The summed E-state index contributed by atoms with van der Waals surface area (Å²) in [4.78, 5) is 13.8. The number of rotatable bonds is 5. The molecule has 1 aliphatic heterocycles. The Balaban J connectivity index is 2.58. The van der Waals surface area contributed by atoms with Gasteiger partial charge < -0.3 is 15.8 Å². The molecule has 100 valence electrons. The number of hydrogen-bond donors (Lipinski definition) is 2. The van der Waals surface area contributed by atoms with E-state index in [2.05, 4.69) is 24.1 Å². The first-order valence-electron chi connectivity index (χ1n) is 6.23. The van der Waals surface area contributed by atoms with E-state index in [1.807, 2.05) is 6.92 Å². The van der Waals surface area contributed by atoms with E-state index in [1.165, 1.54) is 0 Å². The van der Waals surface area contributed by atoms with Gasteiger partial charge in [0.15, 0.2) is 0 Å². The van der Waals surface area contributed by atoms with Crippen LogP contribution in [0.25, 0.3) is 0 Å². The molecule has 0 spiro atoms. The number of hydrogen-bond acceptors (Lipinski definition) is 4. The topological polar surface area (TPSA) is 67.6 Å². The molecule has 0 radical (unpaired) electrons. The van der Waals surface area contributed by atoms with E-state index in [0.29, 0.717) is 12.5 Å². The van der Waals surface area contributed by atoms with Crippen LogP contribution in [0, 0.1) is 0 Å². The highest BCUT2D eigenvalue weighted by atomic mass is 16.5. The Bertz CT molecular complexity index is 272. The molecule has 0 bridgehead atoms. The van der Waals surface area contributed by atoms with Gasteiger partial charge in [-0.15, -0.1) is 0 Å². The smallest absolute Gasteiger partial charge is 0.237 e. The fourth-order valence-corrected chi connectivity index (χ4v) is 2.29. The average Bonchev–Trinajstić information content (AvgIpc) is 2.28. The molecule has 0 aromatic rings. The van der Waals surface area contributed by atoms with Crippen LogP contribution in [-0.4, -0.2) is 55.2 Å². The number of nitrogens with two attached hydrogens (primary N) is 1. The lowest BCUT2D eigenvalue weighted by molar-refractivity contribution is -0.124. The van der Waals surface area contributed by atoms with Gasteiger partial charge in [0, 0.05) is 19.1 Å². The van der Waals surface area contributed by atoms with Gasteiger partial charge >= 0.3 is 0 Å². The summed E-state index contributed by atoms with van der Waals surface area (Å²) in [6.45, 7) is 8.67. The molecule has 1 fully saturated rings. The van der Waals surface area contributed by atoms with Gasteiger partial charge in [-0.25, -0.2) is 0 Å². The minimum Gasteiger partial charge on any atom is -0.376 e. The molecular weight excluding hydrogens is 218 g/mol. The standard InChI is InChI=1S/C12H25N3O2/c1-9(7-12(3,14-4)11(13)16)15-5-6-17-10(2)8-15/h9-10,14H,5-8H2,1-4H3,(H2,13,16). The maximum atomic E-state index is 11.5. The van der Waals surface area contributed by atoms with Crippen LogP contribution in [0.15, 0.2) is 0 Å². The molecule has 1 rings (SSSR count). The van der Waals surface area contributed by atoms with Gasteiger partial charge in [-0.3, -0.25) is 9.69 Å². The largest absolute Gasteiger partial charge is 0.376 e. The van der Waals surface area contributed by atoms with E-state index in [4.69, 9.17) is 10.5 Å². The predicted molar refractivity (Wildman–Crippen MR) is 67.7 cm³/mol.